The number of hydrogen-bond donors (Lipinski definition) is 1. The molecule has 1 N–H and O–H groups in total. The van der Waals surface area contributed by atoms with E-state index in [2.05, 4.69) is 33.0 Å². The van der Waals surface area contributed by atoms with Gasteiger partial charge in [0.2, 0.25) is 5.91 Å². The highest BCUT2D eigenvalue weighted by molar-refractivity contribution is 5.95. The highest BCUT2D eigenvalue weighted by atomic mass is 16.2. The van der Waals surface area contributed by atoms with Crippen LogP contribution in [0.2, 0.25) is 0 Å². The molecule has 154 valence electrons. The number of piperidine rings is 1. The zero-order valence-electron chi connectivity index (χ0n) is 18.2. The maximum atomic E-state index is 12.8. The largest absolute Gasteiger partial charge is 0.339 e. The molecule has 4 nitrogen and oxygen atoms in total. The topological polar surface area (TPSA) is 49.4 Å². The van der Waals surface area contributed by atoms with Crippen LogP contribution in [-0.4, -0.2) is 29.8 Å². The van der Waals surface area contributed by atoms with Crippen LogP contribution in [0, 0.1) is 19.8 Å². The fraction of sp³-hybridized carbons (Fsp3) is 0.440. The Bertz CT molecular complexity index is 886. The monoisotopic (exact) mass is 392 g/mol. The summed E-state index contributed by atoms with van der Waals surface area (Å²) in [7, 11) is 0. The molecule has 0 bridgehead atoms. The van der Waals surface area contributed by atoms with E-state index in [1.807, 2.05) is 54.3 Å². The van der Waals surface area contributed by atoms with Crippen molar-refractivity contribution in [3.8, 4) is 0 Å². The number of likely N-dealkylation sites (tertiary alicyclic amines) is 1. The molecule has 0 atom stereocenters. The predicted molar refractivity (Wildman–Crippen MR) is 118 cm³/mol. The number of carbonyl (C=O) groups is 2. The Morgan fingerprint density at radius 2 is 1.55 bits per heavy atom. The lowest BCUT2D eigenvalue weighted by molar-refractivity contribution is -0.121. The molecule has 1 fully saturated rings. The van der Waals surface area contributed by atoms with Crippen molar-refractivity contribution in [2.75, 3.05) is 18.4 Å². The summed E-state index contributed by atoms with van der Waals surface area (Å²) in [5, 5.41) is 3.03. The third kappa shape index (κ3) is 5.06. The molecule has 0 saturated carbocycles. The molecular weight excluding hydrogens is 360 g/mol. The molecule has 2 aromatic rings. The van der Waals surface area contributed by atoms with E-state index in [1.165, 1.54) is 16.7 Å². The van der Waals surface area contributed by atoms with E-state index >= 15 is 0 Å². The van der Waals surface area contributed by atoms with Crippen LogP contribution in [0.4, 0.5) is 5.69 Å². The van der Waals surface area contributed by atoms with E-state index in [-0.39, 0.29) is 23.1 Å². The van der Waals surface area contributed by atoms with Gasteiger partial charge in [0.1, 0.15) is 0 Å². The number of rotatable bonds is 3. The minimum atomic E-state index is -0.0519. The third-order valence-corrected chi connectivity index (χ3v) is 5.93. The van der Waals surface area contributed by atoms with Crippen LogP contribution in [0.5, 0.6) is 0 Å². The molecule has 1 heterocycles. The summed E-state index contributed by atoms with van der Waals surface area (Å²) in [6, 6.07) is 13.9. The van der Waals surface area contributed by atoms with Crippen molar-refractivity contribution in [1.82, 2.24) is 4.90 Å². The van der Waals surface area contributed by atoms with E-state index < -0.39 is 0 Å². The van der Waals surface area contributed by atoms with Gasteiger partial charge in [0.15, 0.2) is 0 Å². The average Bonchev–Trinajstić information content (AvgIpc) is 2.70. The van der Waals surface area contributed by atoms with Crippen molar-refractivity contribution in [3.05, 3.63) is 64.7 Å². The second-order valence-electron chi connectivity index (χ2n) is 9.18. The fourth-order valence-corrected chi connectivity index (χ4v) is 3.70. The van der Waals surface area contributed by atoms with Crippen LogP contribution >= 0.6 is 0 Å². The standard InChI is InChI=1S/C25H32N2O2/c1-17-6-11-22(16-18(17)2)26-23(28)19-12-14-27(15-13-19)24(29)20-7-9-21(10-8-20)25(3,4)5/h6-11,16,19H,12-15H2,1-5H3,(H,26,28). The quantitative estimate of drug-likeness (QED) is 0.791. The van der Waals surface area contributed by atoms with Gasteiger partial charge in [0, 0.05) is 30.3 Å². The molecule has 0 radical (unpaired) electrons. The normalized spacial score (nSPS) is 15.3. The van der Waals surface area contributed by atoms with Gasteiger partial charge in [0.25, 0.3) is 5.91 Å². The molecule has 1 aliphatic heterocycles. The lowest BCUT2D eigenvalue weighted by Crippen LogP contribution is -2.41. The number of nitrogens with one attached hydrogen (secondary N) is 1. The first-order valence-corrected chi connectivity index (χ1v) is 10.4. The highest BCUT2D eigenvalue weighted by Crippen LogP contribution is 2.24. The molecule has 1 aliphatic rings. The van der Waals surface area contributed by atoms with E-state index in [0.717, 1.165) is 11.3 Å². The first-order chi connectivity index (χ1) is 13.6. The molecule has 0 aliphatic carbocycles. The summed E-state index contributed by atoms with van der Waals surface area (Å²) >= 11 is 0. The van der Waals surface area contributed by atoms with Crippen LogP contribution in [-0.2, 0) is 10.2 Å². The lowest BCUT2D eigenvalue weighted by atomic mass is 9.86. The first-order valence-electron chi connectivity index (χ1n) is 10.4. The zero-order chi connectivity index (χ0) is 21.2. The van der Waals surface area contributed by atoms with Crippen LogP contribution in [0.3, 0.4) is 0 Å². The molecule has 3 rings (SSSR count). The van der Waals surface area contributed by atoms with E-state index in [4.69, 9.17) is 0 Å². The van der Waals surface area contributed by atoms with Crippen molar-refractivity contribution in [1.29, 1.82) is 0 Å². The van der Waals surface area contributed by atoms with Gasteiger partial charge in [-0.15, -0.1) is 0 Å². The summed E-state index contributed by atoms with van der Waals surface area (Å²) < 4.78 is 0. The Labute approximate surface area is 174 Å². The summed E-state index contributed by atoms with van der Waals surface area (Å²) in [6.45, 7) is 11.8. The third-order valence-electron chi connectivity index (χ3n) is 5.93. The van der Waals surface area contributed by atoms with Crippen LogP contribution in [0.1, 0.15) is 60.7 Å². The Balaban J connectivity index is 1.56. The van der Waals surface area contributed by atoms with Crippen LogP contribution in [0.25, 0.3) is 0 Å². The van der Waals surface area contributed by atoms with E-state index in [1.54, 1.807) is 0 Å². The molecular formula is C25H32N2O2. The van der Waals surface area contributed by atoms with Gasteiger partial charge in [-0.05, 0) is 73.1 Å². The molecule has 29 heavy (non-hydrogen) atoms. The Morgan fingerprint density at radius 1 is 0.931 bits per heavy atom. The average molecular weight is 393 g/mol. The number of hydrogen-bond acceptors (Lipinski definition) is 2. The fourth-order valence-electron chi connectivity index (χ4n) is 3.70. The minimum absolute atomic E-state index is 0.0508. The zero-order valence-corrected chi connectivity index (χ0v) is 18.2. The van der Waals surface area contributed by atoms with E-state index in [0.29, 0.717) is 25.9 Å². The number of benzene rings is 2. The maximum Gasteiger partial charge on any atom is 0.253 e. The number of carbonyl (C=O) groups excluding carboxylic acids is 2. The number of nitrogens with zero attached hydrogens (tertiary/aromatic N) is 1. The van der Waals surface area contributed by atoms with Crippen molar-refractivity contribution >= 4 is 17.5 Å². The molecule has 0 spiro atoms. The molecule has 2 amide bonds. The second kappa shape index (κ2) is 8.40. The predicted octanol–water partition coefficient (Wildman–Crippen LogP) is 5.09. The summed E-state index contributed by atoms with van der Waals surface area (Å²) in [6.07, 6.45) is 1.39. The van der Waals surface area contributed by atoms with Crippen molar-refractivity contribution < 1.29 is 9.59 Å². The second-order valence-corrected chi connectivity index (χ2v) is 9.18. The van der Waals surface area contributed by atoms with Crippen LogP contribution in [0.15, 0.2) is 42.5 Å². The number of aryl methyl sites for hydroxylation is 2. The summed E-state index contributed by atoms with van der Waals surface area (Å²) in [5.41, 5.74) is 5.23. The summed E-state index contributed by atoms with van der Waals surface area (Å²) in [5.74, 6) is 0.0530. The minimum Gasteiger partial charge on any atom is -0.339 e. The van der Waals surface area contributed by atoms with Crippen LogP contribution < -0.4 is 5.32 Å². The van der Waals surface area contributed by atoms with Gasteiger partial charge in [-0.1, -0.05) is 39.0 Å². The lowest BCUT2D eigenvalue weighted by Gasteiger charge is -2.31. The molecule has 0 aromatic heterocycles. The Morgan fingerprint density at radius 3 is 2.10 bits per heavy atom. The molecule has 2 aromatic carbocycles. The van der Waals surface area contributed by atoms with Crippen molar-refractivity contribution in [2.24, 2.45) is 5.92 Å². The maximum absolute atomic E-state index is 12.8. The van der Waals surface area contributed by atoms with Gasteiger partial charge < -0.3 is 10.2 Å². The van der Waals surface area contributed by atoms with Gasteiger partial charge in [-0.2, -0.15) is 0 Å². The van der Waals surface area contributed by atoms with Gasteiger partial charge in [-0.3, -0.25) is 9.59 Å². The SMILES string of the molecule is Cc1ccc(NC(=O)C2CCN(C(=O)c3ccc(C(C)(C)C)cc3)CC2)cc1C. The molecule has 4 heteroatoms. The summed E-state index contributed by atoms with van der Waals surface area (Å²) in [4.78, 5) is 27.3. The van der Waals surface area contributed by atoms with Gasteiger partial charge >= 0.3 is 0 Å². The van der Waals surface area contributed by atoms with Gasteiger partial charge in [0.05, 0.1) is 0 Å². The highest BCUT2D eigenvalue weighted by Gasteiger charge is 2.28. The number of anilines is 1. The van der Waals surface area contributed by atoms with Crippen molar-refractivity contribution in [3.63, 3.8) is 0 Å². The molecule has 1 saturated heterocycles. The van der Waals surface area contributed by atoms with Crippen molar-refractivity contribution in [2.45, 2.75) is 52.9 Å². The number of amides is 2. The van der Waals surface area contributed by atoms with Gasteiger partial charge in [-0.25, -0.2) is 0 Å². The smallest absolute Gasteiger partial charge is 0.253 e. The Hall–Kier alpha value is -2.62. The first kappa shape index (κ1) is 21.1. The molecule has 0 unspecified atom stereocenters. The van der Waals surface area contributed by atoms with E-state index in [9.17, 15) is 9.59 Å². The Kier molecular flexibility index (Phi) is 6.11.